The molecule has 0 saturated carbocycles. The molecule has 2 amide bonds. The van der Waals surface area contributed by atoms with Crippen LogP contribution in [-0.4, -0.2) is 72.8 Å². The molecule has 0 aliphatic carbocycles. The van der Waals surface area contributed by atoms with Gasteiger partial charge in [-0.15, -0.1) is 0 Å². The van der Waals surface area contributed by atoms with E-state index >= 15 is 0 Å². The lowest BCUT2D eigenvalue weighted by Crippen LogP contribution is -2.48. The molecule has 0 unspecified atom stereocenters. The van der Waals surface area contributed by atoms with Crippen LogP contribution in [0.15, 0.2) is 75.7 Å². The zero-order valence-corrected chi connectivity index (χ0v) is 23.8. The summed E-state index contributed by atoms with van der Waals surface area (Å²) in [5.74, 6) is -1.88. The maximum absolute atomic E-state index is 14.7. The molecular formula is C28H29Br2FN4O2. The van der Waals surface area contributed by atoms with Crippen molar-refractivity contribution in [3.8, 4) is 11.1 Å². The Morgan fingerprint density at radius 3 is 2.32 bits per heavy atom. The Balaban J connectivity index is 1.54. The number of anilines is 1. The first kappa shape index (κ1) is 27.4. The van der Waals surface area contributed by atoms with Crippen LogP contribution in [0.3, 0.4) is 0 Å². The second-order valence-electron chi connectivity index (χ2n) is 9.12. The Labute approximate surface area is 233 Å². The first-order chi connectivity index (χ1) is 17.8. The van der Waals surface area contributed by atoms with Crippen molar-refractivity contribution in [2.75, 3.05) is 51.6 Å². The summed E-state index contributed by atoms with van der Waals surface area (Å²) in [6, 6.07) is 19.9. The fraction of sp³-hybridized carbons (Fsp3) is 0.286. The smallest absolute Gasteiger partial charge is 0.313 e. The number of rotatable bonds is 7. The fourth-order valence-corrected chi connectivity index (χ4v) is 4.94. The Hall–Kier alpha value is -2.59. The molecule has 1 heterocycles. The Kier molecular flexibility index (Phi) is 9.48. The first-order valence-electron chi connectivity index (χ1n) is 12.1. The molecule has 0 atom stereocenters. The van der Waals surface area contributed by atoms with Gasteiger partial charge in [-0.25, -0.2) is 4.39 Å². The summed E-state index contributed by atoms with van der Waals surface area (Å²) in [6.07, 6.45) is 0. The molecule has 0 aromatic heterocycles. The van der Waals surface area contributed by atoms with Gasteiger partial charge in [0.15, 0.2) is 0 Å². The molecule has 0 spiro atoms. The third-order valence-electron chi connectivity index (χ3n) is 6.45. The normalized spacial score (nSPS) is 14.4. The van der Waals surface area contributed by atoms with Crippen LogP contribution in [0.4, 0.5) is 10.1 Å². The molecule has 0 radical (unpaired) electrons. The van der Waals surface area contributed by atoms with Crippen molar-refractivity contribution < 1.29 is 14.0 Å². The van der Waals surface area contributed by atoms with Crippen molar-refractivity contribution >= 4 is 49.4 Å². The van der Waals surface area contributed by atoms with Gasteiger partial charge in [-0.2, -0.15) is 0 Å². The molecule has 194 valence electrons. The van der Waals surface area contributed by atoms with Gasteiger partial charge in [0.2, 0.25) is 0 Å². The number of piperazine rings is 1. The number of halogens is 3. The van der Waals surface area contributed by atoms with E-state index < -0.39 is 17.6 Å². The molecule has 3 aromatic carbocycles. The van der Waals surface area contributed by atoms with E-state index in [9.17, 15) is 14.0 Å². The standard InChI is InChI=1S/C28H29Br2FN4O2/c1-33-11-13-34(14-12-33)15-16-35(19-21-7-8-22(29)17-25(21)31)28(37)27(36)32-26-18-23(30)9-10-24(26)20-5-3-2-4-6-20/h2-10,17-18H,11-16,19H2,1H3,(H,32,36). The molecule has 9 heteroatoms. The van der Waals surface area contributed by atoms with E-state index in [0.29, 0.717) is 28.8 Å². The van der Waals surface area contributed by atoms with E-state index in [1.54, 1.807) is 18.2 Å². The molecule has 1 aliphatic rings. The van der Waals surface area contributed by atoms with Gasteiger partial charge >= 0.3 is 11.8 Å². The third kappa shape index (κ3) is 7.47. The summed E-state index contributed by atoms with van der Waals surface area (Å²) in [5, 5.41) is 2.80. The molecule has 6 nitrogen and oxygen atoms in total. The van der Waals surface area contributed by atoms with Crippen LogP contribution >= 0.6 is 31.9 Å². The highest BCUT2D eigenvalue weighted by Gasteiger charge is 2.25. The number of hydrogen-bond acceptors (Lipinski definition) is 4. The van der Waals surface area contributed by atoms with Gasteiger partial charge in [0.05, 0.1) is 5.69 Å². The topological polar surface area (TPSA) is 55.9 Å². The predicted octanol–water partition coefficient (Wildman–Crippen LogP) is 5.23. The van der Waals surface area contributed by atoms with Gasteiger partial charge in [-0.3, -0.25) is 14.5 Å². The lowest BCUT2D eigenvalue weighted by molar-refractivity contribution is -0.143. The lowest BCUT2D eigenvalue weighted by Gasteiger charge is -2.34. The Bertz CT molecular complexity index is 1250. The van der Waals surface area contributed by atoms with Crippen molar-refractivity contribution in [2.24, 2.45) is 0 Å². The number of nitrogens with zero attached hydrogens (tertiary/aromatic N) is 3. The summed E-state index contributed by atoms with van der Waals surface area (Å²) in [7, 11) is 2.08. The molecule has 1 N–H and O–H groups in total. The third-order valence-corrected chi connectivity index (χ3v) is 7.44. The second-order valence-corrected chi connectivity index (χ2v) is 10.9. The monoisotopic (exact) mass is 630 g/mol. The van der Waals surface area contributed by atoms with Crippen molar-refractivity contribution in [3.63, 3.8) is 0 Å². The zero-order chi connectivity index (χ0) is 26.4. The van der Waals surface area contributed by atoms with E-state index in [4.69, 9.17) is 0 Å². The Morgan fingerprint density at radius 1 is 0.946 bits per heavy atom. The van der Waals surface area contributed by atoms with Crippen LogP contribution in [0.5, 0.6) is 0 Å². The average molecular weight is 632 g/mol. The second kappa shape index (κ2) is 12.8. The Morgan fingerprint density at radius 2 is 1.62 bits per heavy atom. The molecule has 37 heavy (non-hydrogen) atoms. The van der Waals surface area contributed by atoms with E-state index in [1.165, 1.54) is 11.0 Å². The number of nitrogens with one attached hydrogen (secondary N) is 1. The van der Waals surface area contributed by atoms with Gasteiger partial charge in [-0.1, -0.05) is 74.3 Å². The predicted molar refractivity (Wildman–Crippen MR) is 152 cm³/mol. The van der Waals surface area contributed by atoms with Crippen LogP contribution in [0.1, 0.15) is 5.56 Å². The highest BCUT2D eigenvalue weighted by atomic mass is 79.9. The van der Waals surface area contributed by atoms with Crippen molar-refractivity contribution in [2.45, 2.75) is 6.54 Å². The zero-order valence-electron chi connectivity index (χ0n) is 20.6. The summed E-state index contributed by atoms with van der Waals surface area (Å²) in [4.78, 5) is 32.6. The maximum Gasteiger partial charge on any atom is 0.313 e. The first-order valence-corrected chi connectivity index (χ1v) is 13.7. The summed E-state index contributed by atoms with van der Waals surface area (Å²) in [5.41, 5.74) is 2.59. The number of benzene rings is 3. The lowest BCUT2D eigenvalue weighted by atomic mass is 10.0. The largest absolute Gasteiger partial charge is 0.329 e. The average Bonchev–Trinajstić information content (AvgIpc) is 2.89. The van der Waals surface area contributed by atoms with E-state index in [0.717, 1.165) is 41.8 Å². The fourth-order valence-electron chi connectivity index (χ4n) is 4.25. The highest BCUT2D eigenvalue weighted by molar-refractivity contribution is 9.10. The number of amides is 2. The minimum atomic E-state index is -0.758. The minimum Gasteiger partial charge on any atom is -0.329 e. The van der Waals surface area contributed by atoms with Gasteiger partial charge in [-0.05, 0) is 36.9 Å². The molecule has 3 aromatic rings. The van der Waals surface area contributed by atoms with E-state index in [-0.39, 0.29) is 6.54 Å². The maximum atomic E-state index is 14.7. The van der Waals surface area contributed by atoms with Crippen LogP contribution in [0, 0.1) is 5.82 Å². The van der Waals surface area contributed by atoms with Gasteiger partial charge in [0, 0.05) is 65.9 Å². The molecule has 0 bridgehead atoms. The summed E-state index contributed by atoms with van der Waals surface area (Å²) in [6.45, 7) is 4.59. The van der Waals surface area contributed by atoms with Crippen LogP contribution in [-0.2, 0) is 16.1 Å². The van der Waals surface area contributed by atoms with Crippen molar-refractivity contribution in [1.29, 1.82) is 0 Å². The van der Waals surface area contributed by atoms with Gasteiger partial charge < -0.3 is 15.1 Å². The van der Waals surface area contributed by atoms with Crippen LogP contribution in [0.25, 0.3) is 11.1 Å². The number of likely N-dealkylation sites (N-methyl/N-ethyl adjacent to an activating group) is 1. The quantitative estimate of drug-likeness (QED) is 0.363. The van der Waals surface area contributed by atoms with Crippen molar-refractivity contribution in [3.05, 3.63) is 87.1 Å². The van der Waals surface area contributed by atoms with Gasteiger partial charge in [0.1, 0.15) is 5.82 Å². The molecule has 1 aliphatic heterocycles. The molecule has 4 rings (SSSR count). The number of carbonyl (C=O) groups excluding carboxylic acids is 2. The van der Waals surface area contributed by atoms with Crippen LogP contribution < -0.4 is 5.32 Å². The summed E-state index contributed by atoms with van der Waals surface area (Å²) < 4.78 is 16.0. The number of hydrogen-bond donors (Lipinski definition) is 1. The van der Waals surface area contributed by atoms with E-state index in [1.807, 2.05) is 42.5 Å². The summed E-state index contributed by atoms with van der Waals surface area (Å²) >= 11 is 6.73. The highest BCUT2D eigenvalue weighted by Crippen LogP contribution is 2.31. The van der Waals surface area contributed by atoms with E-state index in [2.05, 4.69) is 54.0 Å². The minimum absolute atomic E-state index is 0.00311. The number of carbonyl (C=O) groups is 2. The van der Waals surface area contributed by atoms with Crippen LogP contribution in [0.2, 0.25) is 0 Å². The SMILES string of the molecule is CN1CCN(CCN(Cc2ccc(Br)cc2F)C(=O)C(=O)Nc2cc(Br)ccc2-c2ccccc2)CC1. The van der Waals surface area contributed by atoms with Gasteiger partial charge in [0.25, 0.3) is 0 Å². The molecule has 1 fully saturated rings. The van der Waals surface area contributed by atoms with Crippen molar-refractivity contribution in [1.82, 2.24) is 14.7 Å². The molecular weight excluding hydrogens is 603 g/mol. The molecule has 1 saturated heterocycles.